The highest BCUT2D eigenvalue weighted by Crippen LogP contribution is 2.62. The van der Waals surface area contributed by atoms with Crippen LogP contribution in [-0.4, -0.2) is 36.5 Å². The van der Waals surface area contributed by atoms with Gasteiger partial charge in [-0.2, -0.15) is 0 Å². The summed E-state index contributed by atoms with van der Waals surface area (Å²) in [5.74, 6) is -0.0125. The third-order valence-electron chi connectivity index (χ3n) is 4.10. The van der Waals surface area contributed by atoms with E-state index in [0.29, 0.717) is 32.7 Å². The van der Waals surface area contributed by atoms with Gasteiger partial charge in [-0.05, 0) is 19.3 Å². The van der Waals surface area contributed by atoms with E-state index in [1.165, 1.54) is 0 Å². The largest absolute Gasteiger partial charge is 0.465 e. The number of esters is 1. The Morgan fingerprint density at radius 1 is 1.50 bits per heavy atom. The van der Waals surface area contributed by atoms with E-state index in [1.54, 1.807) is 6.92 Å². The van der Waals surface area contributed by atoms with Crippen LogP contribution in [0.4, 0.5) is 0 Å². The summed E-state index contributed by atoms with van der Waals surface area (Å²) in [6.07, 6.45) is 1.81. The van der Waals surface area contributed by atoms with E-state index in [-0.39, 0.29) is 11.9 Å². The Morgan fingerprint density at radius 2 is 2.06 bits per heavy atom. The Balaban J connectivity index is 2.18. The predicted molar refractivity (Wildman–Crippen MR) is 57.8 cm³/mol. The molecule has 2 rings (SSSR count). The molecule has 1 saturated carbocycles. The molecule has 0 aromatic heterocycles. The van der Waals surface area contributed by atoms with E-state index in [9.17, 15) is 9.90 Å². The first-order valence-corrected chi connectivity index (χ1v) is 6.04. The van der Waals surface area contributed by atoms with Crippen molar-refractivity contribution in [2.75, 3.05) is 19.8 Å². The Kier molecular flexibility index (Phi) is 2.97. The molecule has 1 heterocycles. The summed E-state index contributed by atoms with van der Waals surface area (Å²) in [6.45, 7) is 5.24. The second kappa shape index (κ2) is 4.00. The lowest BCUT2D eigenvalue weighted by Crippen LogP contribution is -2.50. The van der Waals surface area contributed by atoms with Crippen LogP contribution in [0.2, 0.25) is 0 Å². The van der Waals surface area contributed by atoms with Crippen LogP contribution >= 0.6 is 0 Å². The molecule has 4 nitrogen and oxygen atoms in total. The number of hydrogen-bond donors (Lipinski definition) is 1. The van der Waals surface area contributed by atoms with Gasteiger partial charge in [-0.3, -0.25) is 4.79 Å². The zero-order valence-electron chi connectivity index (χ0n) is 9.99. The Hall–Kier alpha value is -0.610. The van der Waals surface area contributed by atoms with Crippen molar-refractivity contribution in [1.29, 1.82) is 0 Å². The SMILES string of the molecule is CCOC(=O)C1(C2(O)CCOCC2)CC1C. The van der Waals surface area contributed by atoms with Crippen LogP contribution in [0.3, 0.4) is 0 Å². The van der Waals surface area contributed by atoms with Crippen molar-refractivity contribution in [3.8, 4) is 0 Å². The first-order valence-electron chi connectivity index (χ1n) is 6.04. The van der Waals surface area contributed by atoms with Gasteiger partial charge in [0.1, 0.15) is 0 Å². The van der Waals surface area contributed by atoms with Gasteiger partial charge in [0.25, 0.3) is 0 Å². The molecule has 1 N–H and O–H groups in total. The van der Waals surface area contributed by atoms with Crippen molar-refractivity contribution in [2.45, 2.75) is 38.7 Å². The lowest BCUT2D eigenvalue weighted by molar-refractivity contribution is -0.173. The molecule has 2 aliphatic rings. The molecule has 2 fully saturated rings. The molecular formula is C12H20O4. The molecule has 4 heteroatoms. The first-order chi connectivity index (χ1) is 7.57. The summed E-state index contributed by atoms with van der Waals surface area (Å²) in [6, 6.07) is 0. The monoisotopic (exact) mass is 228 g/mol. The molecule has 92 valence electrons. The normalized spacial score (nSPS) is 36.8. The number of carbonyl (C=O) groups excluding carboxylic acids is 1. The van der Waals surface area contributed by atoms with Crippen LogP contribution in [-0.2, 0) is 14.3 Å². The molecule has 0 amide bonds. The van der Waals surface area contributed by atoms with Gasteiger partial charge in [0.2, 0.25) is 0 Å². The zero-order valence-corrected chi connectivity index (χ0v) is 9.99. The first kappa shape index (κ1) is 11.9. The second-order valence-corrected chi connectivity index (χ2v) is 4.94. The molecule has 1 aliphatic carbocycles. The number of aliphatic hydroxyl groups is 1. The lowest BCUT2D eigenvalue weighted by Gasteiger charge is -2.38. The molecule has 16 heavy (non-hydrogen) atoms. The minimum absolute atomic E-state index is 0.217. The average Bonchev–Trinajstić information content (AvgIpc) is 2.94. The maximum atomic E-state index is 12.0. The summed E-state index contributed by atoms with van der Waals surface area (Å²) in [5.41, 5.74) is -1.58. The number of hydrogen-bond acceptors (Lipinski definition) is 4. The van der Waals surface area contributed by atoms with E-state index >= 15 is 0 Å². The predicted octanol–water partition coefficient (Wildman–Crippen LogP) is 1.12. The summed E-state index contributed by atoms with van der Waals surface area (Å²) >= 11 is 0. The van der Waals surface area contributed by atoms with Crippen LogP contribution in [0.5, 0.6) is 0 Å². The van der Waals surface area contributed by atoms with Gasteiger partial charge in [0.15, 0.2) is 0 Å². The van der Waals surface area contributed by atoms with Gasteiger partial charge in [-0.1, -0.05) is 6.92 Å². The number of ether oxygens (including phenoxy) is 2. The molecule has 0 aromatic carbocycles. The summed E-state index contributed by atoms with van der Waals surface area (Å²) < 4.78 is 10.4. The van der Waals surface area contributed by atoms with Crippen molar-refractivity contribution in [1.82, 2.24) is 0 Å². The number of carbonyl (C=O) groups is 1. The highest BCUT2D eigenvalue weighted by molar-refractivity contribution is 5.82. The van der Waals surface area contributed by atoms with E-state index < -0.39 is 11.0 Å². The Labute approximate surface area is 95.9 Å². The molecular weight excluding hydrogens is 208 g/mol. The molecule has 0 spiro atoms. The second-order valence-electron chi connectivity index (χ2n) is 4.94. The van der Waals surface area contributed by atoms with Gasteiger partial charge in [-0.25, -0.2) is 0 Å². The zero-order chi connectivity index (χ0) is 11.8. The highest BCUT2D eigenvalue weighted by Gasteiger charge is 2.70. The Morgan fingerprint density at radius 3 is 2.50 bits per heavy atom. The fourth-order valence-electron chi connectivity index (χ4n) is 2.96. The maximum Gasteiger partial charge on any atom is 0.315 e. The van der Waals surface area contributed by atoms with E-state index in [2.05, 4.69) is 0 Å². The van der Waals surface area contributed by atoms with Crippen molar-refractivity contribution in [3.05, 3.63) is 0 Å². The molecule has 1 aliphatic heterocycles. The van der Waals surface area contributed by atoms with E-state index in [1.807, 2.05) is 6.92 Å². The summed E-state index contributed by atoms with van der Waals surface area (Å²) in [5, 5.41) is 10.6. The van der Waals surface area contributed by atoms with Crippen LogP contribution in [0.1, 0.15) is 33.1 Å². The van der Waals surface area contributed by atoms with Gasteiger partial charge in [0, 0.05) is 26.1 Å². The number of rotatable bonds is 3. The molecule has 1 saturated heterocycles. The van der Waals surface area contributed by atoms with Gasteiger partial charge >= 0.3 is 5.97 Å². The van der Waals surface area contributed by atoms with E-state index in [0.717, 1.165) is 6.42 Å². The van der Waals surface area contributed by atoms with Crippen LogP contribution in [0.15, 0.2) is 0 Å². The van der Waals surface area contributed by atoms with Crippen molar-refractivity contribution in [3.63, 3.8) is 0 Å². The minimum Gasteiger partial charge on any atom is -0.465 e. The Bertz CT molecular complexity index is 283. The quantitative estimate of drug-likeness (QED) is 0.735. The average molecular weight is 228 g/mol. The standard InChI is InChI=1S/C12H20O4/c1-3-16-10(13)12(8-9(12)2)11(14)4-6-15-7-5-11/h9,14H,3-8H2,1-2H3. The third-order valence-corrected chi connectivity index (χ3v) is 4.10. The smallest absolute Gasteiger partial charge is 0.315 e. The summed E-state index contributed by atoms with van der Waals surface area (Å²) in [4.78, 5) is 12.0. The van der Waals surface area contributed by atoms with Crippen LogP contribution in [0, 0.1) is 11.3 Å². The topological polar surface area (TPSA) is 55.8 Å². The van der Waals surface area contributed by atoms with E-state index in [4.69, 9.17) is 9.47 Å². The molecule has 0 bridgehead atoms. The van der Waals surface area contributed by atoms with Crippen LogP contribution < -0.4 is 0 Å². The third kappa shape index (κ3) is 1.55. The molecule has 2 atom stereocenters. The van der Waals surface area contributed by atoms with Crippen molar-refractivity contribution >= 4 is 5.97 Å². The van der Waals surface area contributed by atoms with Gasteiger partial charge < -0.3 is 14.6 Å². The highest BCUT2D eigenvalue weighted by atomic mass is 16.5. The molecule has 0 radical (unpaired) electrons. The van der Waals surface area contributed by atoms with Gasteiger partial charge in [-0.15, -0.1) is 0 Å². The maximum absolute atomic E-state index is 12.0. The fourth-order valence-corrected chi connectivity index (χ4v) is 2.96. The summed E-state index contributed by atoms with van der Waals surface area (Å²) in [7, 11) is 0. The molecule has 2 unspecified atom stereocenters. The lowest BCUT2D eigenvalue weighted by atomic mass is 9.76. The van der Waals surface area contributed by atoms with Crippen molar-refractivity contribution < 1.29 is 19.4 Å². The van der Waals surface area contributed by atoms with Crippen LogP contribution in [0.25, 0.3) is 0 Å². The fraction of sp³-hybridized carbons (Fsp3) is 0.917. The minimum atomic E-state index is -0.920. The van der Waals surface area contributed by atoms with Gasteiger partial charge in [0.05, 0.1) is 17.6 Å². The van der Waals surface area contributed by atoms with Crippen molar-refractivity contribution in [2.24, 2.45) is 11.3 Å². The molecule has 0 aromatic rings.